The third-order valence-electron chi connectivity index (χ3n) is 13.5. The number of alkyl halides is 3. The number of β-amino-alcohol motifs (C(OH)–C–C–N with tert-alkyl or cyclic N) is 1. The number of aliphatic imine (C=N–C) groups is 1. The number of likely N-dealkylation sites (tertiary alicyclic amines) is 1. The monoisotopic (exact) mass is 1030 g/mol. The SMILES string of the molecule is Cc1ncsc1-c1ccc([C@H](C)NC(=O)[C@@H]2C[C@@H](O)CN2C(=O)[C@@H](NC(=O)CNC(=O)c2ccc(F)c(-c3ccc(N4C[C@@H](C)N(C)[C@@H](C)C4)c(NC(=O)C4=C(C(F)(F)F)CC(=O)N=C4)c3)c2)C(C)(C)C)cc1. The van der Waals surface area contributed by atoms with Crippen molar-refractivity contribution in [2.75, 3.05) is 43.4 Å². The molecule has 4 aromatic rings. The van der Waals surface area contributed by atoms with Crippen LogP contribution in [0.5, 0.6) is 0 Å². The summed E-state index contributed by atoms with van der Waals surface area (Å²) in [7, 11) is 1.96. The van der Waals surface area contributed by atoms with E-state index in [1.165, 1.54) is 34.4 Å². The molecule has 21 heteroatoms. The zero-order valence-corrected chi connectivity index (χ0v) is 42.5. The van der Waals surface area contributed by atoms with Crippen LogP contribution in [0.3, 0.4) is 0 Å². The van der Waals surface area contributed by atoms with Crippen molar-refractivity contribution < 1.29 is 51.4 Å². The molecule has 0 unspecified atom stereocenters. The van der Waals surface area contributed by atoms with E-state index in [0.717, 1.165) is 27.8 Å². The molecule has 6 atom stereocenters. The number of nitrogens with one attached hydrogen (secondary N) is 4. The van der Waals surface area contributed by atoms with Gasteiger partial charge in [-0.25, -0.2) is 14.4 Å². The lowest BCUT2D eigenvalue weighted by Crippen LogP contribution is -2.58. The van der Waals surface area contributed by atoms with Crippen LogP contribution < -0.4 is 26.2 Å². The van der Waals surface area contributed by atoms with Gasteiger partial charge in [-0.05, 0) is 87.2 Å². The second-order valence-corrected chi connectivity index (χ2v) is 20.8. The van der Waals surface area contributed by atoms with Crippen molar-refractivity contribution in [1.82, 2.24) is 30.7 Å². The lowest BCUT2D eigenvalue weighted by molar-refractivity contribution is -0.144. The summed E-state index contributed by atoms with van der Waals surface area (Å²) in [6.45, 7) is 13.1. The Hall–Kier alpha value is -6.84. The fourth-order valence-corrected chi connectivity index (χ4v) is 10.0. The first-order valence-electron chi connectivity index (χ1n) is 23.8. The highest BCUT2D eigenvalue weighted by atomic mass is 32.1. The van der Waals surface area contributed by atoms with Crippen molar-refractivity contribution in [2.45, 2.75) is 104 Å². The number of aromatic nitrogens is 1. The molecule has 388 valence electrons. The van der Waals surface area contributed by atoms with Gasteiger partial charge < -0.3 is 36.2 Å². The average molecular weight is 1030 g/mol. The minimum absolute atomic E-state index is 0.0249. The number of nitrogens with zero attached hydrogens (tertiary/aromatic N) is 5. The molecule has 6 amide bonds. The van der Waals surface area contributed by atoms with Gasteiger partial charge in [0.25, 0.3) is 11.8 Å². The maximum atomic E-state index is 15.7. The van der Waals surface area contributed by atoms with Crippen molar-refractivity contribution in [1.29, 1.82) is 0 Å². The number of carbonyl (C=O) groups excluding carboxylic acids is 6. The number of amides is 6. The molecule has 16 nitrogen and oxygen atoms in total. The average Bonchev–Trinajstić information content (AvgIpc) is 3.95. The topological polar surface area (TPSA) is 206 Å². The van der Waals surface area contributed by atoms with Crippen molar-refractivity contribution in [2.24, 2.45) is 10.4 Å². The molecule has 2 saturated heterocycles. The molecule has 0 radical (unpaired) electrons. The molecule has 0 bridgehead atoms. The Morgan fingerprint density at radius 1 is 0.904 bits per heavy atom. The number of hydrogen-bond donors (Lipinski definition) is 5. The third kappa shape index (κ3) is 12.3. The summed E-state index contributed by atoms with van der Waals surface area (Å²) in [5, 5.41) is 21.4. The number of aliphatic hydroxyl groups is 1. The number of halogens is 4. The summed E-state index contributed by atoms with van der Waals surface area (Å²) < 4.78 is 57.9. The van der Waals surface area contributed by atoms with E-state index in [2.05, 4.69) is 36.1 Å². The van der Waals surface area contributed by atoms with E-state index in [4.69, 9.17) is 0 Å². The minimum atomic E-state index is -5.00. The second-order valence-electron chi connectivity index (χ2n) is 19.9. The number of aliphatic hydroxyl groups excluding tert-OH is 1. The number of piperazine rings is 1. The molecule has 1 aromatic heterocycles. The van der Waals surface area contributed by atoms with Crippen LogP contribution >= 0.6 is 11.3 Å². The van der Waals surface area contributed by atoms with Gasteiger partial charge in [0.2, 0.25) is 23.6 Å². The van der Waals surface area contributed by atoms with Gasteiger partial charge in [-0.2, -0.15) is 13.2 Å². The van der Waals surface area contributed by atoms with E-state index in [0.29, 0.717) is 25.0 Å². The summed E-state index contributed by atoms with van der Waals surface area (Å²) in [6.07, 6.45) is -6.56. The Morgan fingerprint density at radius 2 is 1.58 bits per heavy atom. The molecule has 0 spiro atoms. The molecular weight excluding hydrogens is 971 g/mol. The molecule has 5 N–H and O–H groups in total. The van der Waals surface area contributed by atoms with Crippen molar-refractivity contribution >= 4 is 64.4 Å². The van der Waals surface area contributed by atoms with E-state index >= 15 is 4.39 Å². The van der Waals surface area contributed by atoms with Gasteiger partial charge in [0.05, 0.1) is 63.7 Å². The first-order chi connectivity index (χ1) is 34.3. The number of thiazole rings is 1. The molecular formula is C52H59F4N9O7S. The molecule has 7 rings (SSSR count). The smallest absolute Gasteiger partial charge is 0.391 e. The number of dihydropyridines is 1. The largest absolute Gasteiger partial charge is 0.414 e. The van der Waals surface area contributed by atoms with Crippen LogP contribution in [-0.4, -0.2) is 131 Å². The van der Waals surface area contributed by atoms with Crippen LogP contribution in [0, 0.1) is 18.2 Å². The number of hydrogen-bond acceptors (Lipinski definition) is 11. The first-order valence-corrected chi connectivity index (χ1v) is 24.6. The van der Waals surface area contributed by atoms with Crippen LogP contribution in [0.4, 0.5) is 28.9 Å². The number of anilines is 2. The van der Waals surface area contributed by atoms with Gasteiger partial charge in [-0.15, -0.1) is 11.3 Å². The van der Waals surface area contributed by atoms with Crippen molar-refractivity contribution in [3.63, 3.8) is 0 Å². The Bertz CT molecular complexity index is 2850. The molecule has 3 aromatic carbocycles. The third-order valence-corrected chi connectivity index (χ3v) is 14.5. The normalized spacial score (nSPS) is 20.4. The molecule has 3 aliphatic rings. The van der Waals surface area contributed by atoms with Crippen LogP contribution in [0.25, 0.3) is 21.6 Å². The Balaban J connectivity index is 1.05. The highest BCUT2D eigenvalue weighted by Crippen LogP contribution is 2.38. The Kier molecular flexibility index (Phi) is 16.0. The standard InChI is InChI=1S/C52H59F4N9O7S/c1-27-23-64(24-28(2)63(27)8)41-16-14-33(18-40(41)61-48(70)37-21-57-43(67)20-38(37)52(54,55)56)36-17-34(13-15-39(36)53)47(69)58-22-44(68)62-46(51(5,6)7)50(72)65-25-35(66)19-42(65)49(71)60-29(3)31-9-11-32(12-10-31)45-30(4)59-26-73-45/h9-18,21,26-29,35,42,46,66H,19-20,22-25H2,1-8H3,(H,58,69)(H,60,71)(H,61,70)(H,62,68)/t27-,28+,29-,35+,42-,46+/m0/s1. The Morgan fingerprint density at radius 3 is 2.21 bits per heavy atom. The molecule has 0 saturated carbocycles. The summed E-state index contributed by atoms with van der Waals surface area (Å²) in [5.41, 5.74) is 1.83. The fraction of sp³-hybridized carbons (Fsp3) is 0.423. The van der Waals surface area contributed by atoms with E-state index in [1.54, 1.807) is 38.4 Å². The van der Waals surface area contributed by atoms with Gasteiger partial charge in [0, 0.05) is 55.5 Å². The lowest BCUT2D eigenvalue weighted by Gasteiger charge is -2.44. The van der Waals surface area contributed by atoms with Crippen LogP contribution in [0.2, 0.25) is 0 Å². The van der Waals surface area contributed by atoms with E-state index < -0.39 is 101 Å². The van der Waals surface area contributed by atoms with Gasteiger partial charge >= 0.3 is 6.18 Å². The fourth-order valence-electron chi connectivity index (χ4n) is 9.20. The van der Waals surface area contributed by atoms with Gasteiger partial charge in [-0.1, -0.05) is 51.1 Å². The van der Waals surface area contributed by atoms with E-state index in [1.807, 2.05) is 63.9 Å². The quantitative estimate of drug-likeness (QED) is 0.0939. The predicted octanol–water partition coefficient (Wildman–Crippen LogP) is 6.35. The van der Waals surface area contributed by atoms with Crippen LogP contribution in [-0.2, 0) is 24.0 Å². The Labute approximate surface area is 424 Å². The number of aryl methyl sites for hydroxylation is 1. The van der Waals surface area contributed by atoms with Crippen molar-refractivity contribution in [3.8, 4) is 21.6 Å². The second kappa shape index (κ2) is 21.7. The molecule has 3 aliphatic heterocycles. The predicted molar refractivity (Wildman–Crippen MR) is 269 cm³/mol. The highest BCUT2D eigenvalue weighted by Gasteiger charge is 2.45. The van der Waals surface area contributed by atoms with Crippen molar-refractivity contribution in [3.05, 3.63) is 100.0 Å². The van der Waals surface area contributed by atoms with E-state index in [-0.39, 0.29) is 47.4 Å². The molecule has 73 heavy (non-hydrogen) atoms. The van der Waals surface area contributed by atoms with Gasteiger partial charge in [0.15, 0.2) is 0 Å². The molecule has 4 heterocycles. The maximum Gasteiger partial charge on any atom is 0.414 e. The summed E-state index contributed by atoms with van der Waals surface area (Å²) >= 11 is 1.53. The zero-order chi connectivity index (χ0) is 53.3. The number of rotatable bonds is 13. The summed E-state index contributed by atoms with van der Waals surface area (Å²) in [4.78, 5) is 94.8. The summed E-state index contributed by atoms with van der Waals surface area (Å²) in [6, 6.07) is 13.1. The lowest BCUT2D eigenvalue weighted by atomic mass is 9.85. The number of carbonyl (C=O) groups is 6. The van der Waals surface area contributed by atoms with Crippen LogP contribution in [0.15, 0.2) is 82.3 Å². The van der Waals surface area contributed by atoms with Gasteiger partial charge in [0.1, 0.15) is 17.9 Å². The first kappa shape index (κ1) is 53.9. The number of benzene rings is 3. The van der Waals surface area contributed by atoms with Gasteiger partial charge in [-0.3, -0.25) is 33.7 Å². The minimum Gasteiger partial charge on any atom is -0.391 e. The highest BCUT2D eigenvalue weighted by molar-refractivity contribution is 7.13. The maximum absolute atomic E-state index is 15.7. The van der Waals surface area contributed by atoms with E-state index in [9.17, 15) is 47.0 Å². The molecule has 2 fully saturated rings. The zero-order valence-electron chi connectivity index (χ0n) is 41.7. The van der Waals surface area contributed by atoms with Crippen LogP contribution in [0.1, 0.15) is 82.0 Å². The molecule has 0 aliphatic carbocycles. The summed E-state index contributed by atoms with van der Waals surface area (Å²) in [5.74, 6) is -5.66. The number of likely N-dealkylation sites (N-methyl/N-ethyl adjacent to an activating group) is 1.